The van der Waals surface area contributed by atoms with Gasteiger partial charge in [-0.1, -0.05) is 29.8 Å². The molecule has 1 N–H and O–H groups in total. The third kappa shape index (κ3) is 3.65. The van der Waals surface area contributed by atoms with Crippen molar-refractivity contribution in [2.75, 3.05) is 20.6 Å². The summed E-state index contributed by atoms with van der Waals surface area (Å²) in [7, 11) is 4.03. The number of hydrogen-bond acceptors (Lipinski definition) is 4. The number of amides is 1. The van der Waals surface area contributed by atoms with Gasteiger partial charge in [-0.2, -0.15) is 0 Å². The lowest BCUT2D eigenvalue weighted by Crippen LogP contribution is -2.34. The Morgan fingerprint density at radius 3 is 2.60 bits per heavy atom. The monoisotopic (exact) mass is 289 g/mol. The van der Waals surface area contributed by atoms with Crippen LogP contribution in [0.3, 0.4) is 0 Å². The molecule has 20 heavy (non-hydrogen) atoms. The average Bonchev–Trinajstić information content (AvgIpc) is 2.94. The van der Waals surface area contributed by atoms with Crippen LogP contribution in [0, 0.1) is 6.92 Å². The fraction of sp³-hybridized carbons (Fsp3) is 0.333. The lowest BCUT2D eigenvalue weighted by molar-refractivity contribution is 0.0937. The summed E-state index contributed by atoms with van der Waals surface area (Å²) in [4.78, 5) is 18.1. The molecule has 1 atom stereocenters. The molecule has 1 amide bonds. The van der Waals surface area contributed by atoms with Crippen molar-refractivity contribution in [3.05, 3.63) is 52.0 Å². The number of aromatic nitrogens is 1. The first kappa shape index (κ1) is 14.7. The normalized spacial score (nSPS) is 12.4. The highest BCUT2D eigenvalue weighted by Gasteiger charge is 2.16. The molecule has 0 bridgehead atoms. The number of carbonyl (C=O) groups excluding carboxylic acids is 1. The molecular formula is C15H19N3OS. The zero-order chi connectivity index (χ0) is 14.5. The van der Waals surface area contributed by atoms with Crippen LogP contribution in [0.25, 0.3) is 0 Å². The highest BCUT2D eigenvalue weighted by atomic mass is 32.1. The van der Waals surface area contributed by atoms with E-state index in [1.165, 1.54) is 22.5 Å². The Balaban J connectivity index is 2.03. The van der Waals surface area contributed by atoms with Gasteiger partial charge in [-0.05, 0) is 26.6 Å². The van der Waals surface area contributed by atoms with Gasteiger partial charge in [0.15, 0.2) is 0 Å². The first-order valence-corrected chi connectivity index (χ1v) is 7.41. The molecule has 4 nitrogen and oxygen atoms in total. The van der Waals surface area contributed by atoms with Crippen molar-refractivity contribution in [3.8, 4) is 0 Å². The number of thiazole rings is 1. The molecule has 5 heteroatoms. The van der Waals surface area contributed by atoms with E-state index in [1.54, 1.807) is 10.9 Å². The van der Waals surface area contributed by atoms with Crippen molar-refractivity contribution in [1.29, 1.82) is 0 Å². The number of likely N-dealkylation sites (N-methyl/N-ethyl adjacent to an activating group) is 1. The molecular weight excluding hydrogens is 270 g/mol. The summed E-state index contributed by atoms with van der Waals surface area (Å²) < 4.78 is 0. The van der Waals surface area contributed by atoms with Crippen LogP contribution in [0.4, 0.5) is 0 Å². The van der Waals surface area contributed by atoms with Crippen LogP contribution >= 0.6 is 11.3 Å². The van der Waals surface area contributed by atoms with E-state index in [9.17, 15) is 4.79 Å². The second-order valence-electron chi connectivity index (χ2n) is 4.97. The van der Waals surface area contributed by atoms with Gasteiger partial charge >= 0.3 is 0 Å². The van der Waals surface area contributed by atoms with Gasteiger partial charge in [-0.15, -0.1) is 11.3 Å². The van der Waals surface area contributed by atoms with E-state index in [1.807, 2.05) is 14.1 Å². The largest absolute Gasteiger partial charge is 0.349 e. The Hall–Kier alpha value is -1.72. The molecule has 1 heterocycles. The number of aryl methyl sites for hydroxylation is 1. The van der Waals surface area contributed by atoms with Crippen LogP contribution in [0.5, 0.6) is 0 Å². The minimum atomic E-state index is -0.120. The van der Waals surface area contributed by atoms with E-state index in [-0.39, 0.29) is 11.9 Å². The average molecular weight is 289 g/mol. The predicted octanol–water partition coefficient (Wildman–Crippen LogP) is 2.48. The second-order valence-corrected chi connectivity index (χ2v) is 5.69. The Morgan fingerprint density at radius 1 is 1.35 bits per heavy atom. The van der Waals surface area contributed by atoms with Crippen LogP contribution in [0.1, 0.15) is 27.7 Å². The highest BCUT2D eigenvalue weighted by molar-refractivity contribution is 7.07. The van der Waals surface area contributed by atoms with Gasteiger partial charge in [0.05, 0.1) is 11.6 Å². The van der Waals surface area contributed by atoms with Gasteiger partial charge in [0.25, 0.3) is 5.91 Å². The maximum absolute atomic E-state index is 11.9. The molecule has 0 saturated carbocycles. The van der Waals surface area contributed by atoms with Crippen molar-refractivity contribution in [2.45, 2.75) is 13.0 Å². The van der Waals surface area contributed by atoms with Crippen LogP contribution < -0.4 is 5.32 Å². The zero-order valence-electron chi connectivity index (χ0n) is 12.0. The van der Waals surface area contributed by atoms with Crippen LogP contribution in [0.15, 0.2) is 35.2 Å². The van der Waals surface area contributed by atoms with E-state index in [2.05, 4.69) is 46.4 Å². The SMILES string of the molecule is Cc1ccc(C(CNC(=O)c2cscn2)N(C)C)cc1. The molecule has 0 spiro atoms. The Bertz CT molecular complexity index is 549. The molecule has 0 radical (unpaired) electrons. The Labute approximate surface area is 123 Å². The number of benzene rings is 1. The zero-order valence-corrected chi connectivity index (χ0v) is 12.8. The number of carbonyl (C=O) groups is 1. The number of nitrogens with zero attached hydrogens (tertiary/aromatic N) is 2. The Morgan fingerprint density at radius 2 is 2.05 bits per heavy atom. The minimum Gasteiger partial charge on any atom is -0.349 e. The van der Waals surface area contributed by atoms with Crippen molar-refractivity contribution < 1.29 is 4.79 Å². The molecule has 0 aliphatic heterocycles. The lowest BCUT2D eigenvalue weighted by atomic mass is 10.0. The summed E-state index contributed by atoms with van der Waals surface area (Å²) in [5.41, 5.74) is 4.58. The fourth-order valence-electron chi connectivity index (χ4n) is 1.99. The molecule has 0 fully saturated rings. The van der Waals surface area contributed by atoms with E-state index in [0.717, 1.165) is 0 Å². The minimum absolute atomic E-state index is 0.120. The third-order valence-corrected chi connectivity index (χ3v) is 3.79. The van der Waals surface area contributed by atoms with Gasteiger partial charge in [0.1, 0.15) is 5.69 Å². The van der Waals surface area contributed by atoms with Crippen LogP contribution in [-0.2, 0) is 0 Å². The summed E-state index contributed by atoms with van der Waals surface area (Å²) in [6.07, 6.45) is 0. The van der Waals surface area contributed by atoms with E-state index in [0.29, 0.717) is 12.2 Å². The topological polar surface area (TPSA) is 45.2 Å². The number of rotatable bonds is 5. The van der Waals surface area contributed by atoms with E-state index in [4.69, 9.17) is 0 Å². The standard InChI is InChI=1S/C15H19N3OS/c1-11-4-6-12(7-5-11)14(18(2)3)8-16-15(19)13-9-20-10-17-13/h4-7,9-10,14H,8H2,1-3H3,(H,16,19). The lowest BCUT2D eigenvalue weighted by Gasteiger charge is -2.25. The summed E-state index contributed by atoms with van der Waals surface area (Å²) in [5, 5.41) is 4.70. The fourth-order valence-corrected chi connectivity index (χ4v) is 2.52. The molecule has 1 aromatic carbocycles. The van der Waals surface area contributed by atoms with Gasteiger partial charge in [0.2, 0.25) is 0 Å². The molecule has 2 aromatic rings. The van der Waals surface area contributed by atoms with Crippen LogP contribution in [-0.4, -0.2) is 36.4 Å². The molecule has 0 aliphatic carbocycles. The van der Waals surface area contributed by atoms with E-state index >= 15 is 0 Å². The van der Waals surface area contributed by atoms with Crippen molar-refractivity contribution in [2.24, 2.45) is 0 Å². The summed E-state index contributed by atoms with van der Waals surface area (Å²) >= 11 is 1.42. The molecule has 2 rings (SSSR count). The molecule has 1 unspecified atom stereocenters. The van der Waals surface area contributed by atoms with Crippen molar-refractivity contribution in [3.63, 3.8) is 0 Å². The van der Waals surface area contributed by atoms with Gasteiger partial charge in [-0.25, -0.2) is 4.98 Å². The van der Waals surface area contributed by atoms with Gasteiger partial charge in [0, 0.05) is 11.9 Å². The summed E-state index contributed by atoms with van der Waals surface area (Å²) in [6.45, 7) is 2.63. The molecule has 0 aliphatic rings. The summed E-state index contributed by atoms with van der Waals surface area (Å²) in [5.74, 6) is -0.120. The quantitative estimate of drug-likeness (QED) is 0.920. The smallest absolute Gasteiger partial charge is 0.270 e. The van der Waals surface area contributed by atoms with Crippen molar-refractivity contribution in [1.82, 2.24) is 15.2 Å². The van der Waals surface area contributed by atoms with Gasteiger partial charge < -0.3 is 10.2 Å². The molecule has 0 saturated heterocycles. The number of hydrogen-bond donors (Lipinski definition) is 1. The first-order chi connectivity index (χ1) is 9.58. The maximum Gasteiger partial charge on any atom is 0.270 e. The van der Waals surface area contributed by atoms with Gasteiger partial charge in [-0.3, -0.25) is 4.79 Å². The summed E-state index contributed by atoms with van der Waals surface area (Å²) in [6, 6.07) is 8.55. The van der Waals surface area contributed by atoms with E-state index < -0.39 is 0 Å². The second kappa shape index (κ2) is 6.63. The highest BCUT2D eigenvalue weighted by Crippen LogP contribution is 2.18. The maximum atomic E-state index is 11.9. The predicted molar refractivity (Wildman–Crippen MR) is 82.1 cm³/mol. The molecule has 106 valence electrons. The Kier molecular flexibility index (Phi) is 4.87. The number of nitrogens with one attached hydrogen (secondary N) is 1. The first-order valence-electron chi connectivity index (χ1n) is 6.47. The third-order valence-electron chi connectivity index (χ3n) is 3.21. The molecule has 1 aromatic heterocycles. The van der Waals surface area contributed by atoms with Crippen molar-refractivity contribution >= 4 is 17.2 Å². The van der Waals surface area contributed by atoms with Crippen LogP contribution in [0.2, 0.25) is 0 Å².